The lowest BCUT2D eigenvalue weighted by atomic mass is 10.2. The summed E-state index contributed by atoms with van der Waals surface area (Å²) < 4.78 is 15.2. The smallest absolute Gasteiger partial charge is 0.274 e. The van der Waals surface area contributed by atoms with Gasteiger partial charge in [-0.3, -0.25) is 9.69 Å². The molecule has 1 aromatic carbocycles. The minimum atomic E-state index is -0.423. The highest BCUT2D eigenvalue weighted by atomic mass is 32.2. The van der Waals surface area contributed by atoms with Crippen LogP contribution < -0.4 is 15.7 Å². The molecule has 4 rings (SSSR count). The highest BCUT2D eigenvalue weighted by molar-refractivity contribution is 7.99. The minimum Gasteiger partial charge on any atom is -0.335 e. The summed E-state index contributed by atoms with van der Waals surface area (Å²) in [6, 6.07) is 12.2. The van der Waals surface area contributed by atoms with Gasteiger partial charge in [-0.1, -0.05) is 30.0 Å². The second-order valence-corrected chi connectivity index (χ2v) is 7.50. The highest BCUT2D eigenvalue weighted by Crippen LogP contribution is 2.24. The number of hydrogen-bond acceptors (Lipinski definition) is 6. The van der Waals surface area contributed by atoms with Gasteiger partial charge in [0.05, 0.1) is 30.6 Å². The van der Waals surface area contributed by atoms with Crippen LogP contribution in [0.3, 0.4) is 0 Å². The summed E-state index contributed by atoms with van der Waals surface area (Å²) in [5.41, 5.74) is 0.273. The zero-order chi connectivity index (χ0) is 20.2. The van der Waals surface area contributed by atoms with E-state index in [1.54, 1.807) is 18.2 Å². The molecule has 0 radical (unpaired) electrons. The number of benzene rings is 1. The van der Waals surface area contributed by atoms with E-state index in [1.807, 2.05) is 29.3 Å². The van der Waals surface area contributed by atoms with Crippen LogP contribution in [0.25, 0.3) is 11.4 Å². The van der Waals surface area contributed by atoms with E-state index in [1.165, 1.54) is 22.5 Å². The molecule has 0 aliphatic carbocycles. The predicted octanol–water partition coefficient (Wildman–Crippen LogP) is 1.05. The average Bonchev–Trinajstić information content (AvgIpc) is 3.13. The Kier molecular flexibility index (Phi) is 5.61. The number of nitrogens with zero attached hydrogens (tertiary/aromatic N) is 5. The summed E-state index contributed by atoms with van der Waals surface area (Å²) >= 11 is 1.20. The number of carbonyl (C=O) groups is 1. The molecule has 0 saturated carbocycles. The Bertz CT molecular complexity index is 989. The molecule has 3 N–H and O–H groups in total. The van der Waals surface area contributed by atoms with E-state index in [0.29, 0.717) is 18.2 Å². The fourth-order valence-electron chi connectivity index (χ4n) is 3.20. The zero-order valence-corrected chi connectivity index (χ0v) is 16.5. The van der Waals surface area contributed by atoms with Crippen LogP contribution in [0, 0.1) is 5.82 Å². The van der Waals surface area contributed by atoms with Gasteiger partial charge in [-0.2, -0.15) is 0 Å². The summed E-state index contributed by atoms with van der Waals surface area (Å²) in [7, 11) is 0. The molecule has 0 unspecified atom stereocenters. The number of aromatic amines is 1. The number of carbonyl (C=O) groups excluding carboxylic acids is 1. The maximum atomic E-state index is 14.0. The summed E-state index contributed by atoms with van der Waals surface area (Å²) in [5.74, 6) is 7.09. The number of thioether (sulfide) groups is 1. The second-order valence-electron chi connectivity index (χ2n) is 6.56. The van der Waals surface area contributed by atoms with Crippen LogP contribution >= 0.6 is 11.8 Å². The Morgan fingerprint density at radius 3 is 2.59 bits per heavy atom. The summed E-state index contributed by atoms with van der Waals surface area (Å²) in [6.07, 6.45) is 1.89. The molecule has 150 valence electrons. The number of nitrogens with two attached hydrogens (primary N) is 1. The molecule has 3 aromatic rings. The molecule has 1 aliphatic heterocycles. The van der Waals surface area contributed by atoms with Crippen molar-refractivity contribution in [3.63, 3.8) is 0 Å². The lowest BCUT2D eigenvalue weighted by molar-refractivity contribution is -0.364. The van der Waals surface area contributed by atoms with Crippen LogP contribution in [-0.4, -0.2) is 57.6 Å². The van der Waals surface area contributed by atoms with Crippen LogP contribution in [-0.2, 0) is 4.79 Å². The number of pyridine rings is 1. The third-order valence-corrected chi connectivity index (χ3v) is 5.70. The number of halogens is 1. The first kappa shape index (κ1) is 19.2. The molecular formula is C19H21FN7OS+. The van der Waals surface area contributed by atoms with Crippen molar-refractivity contribution in [2.24, 2.45) is 0 Å². The number of rotatable bonds is 5. The summed E-state index contributed by atoms with van der Waals surface area (Å²) in [4.78, 5) is 19.8. The number of anilines is 1. The number of nitrogen functional groups attached to an aromatic ring is 1. The number of H-pyrrole nitrogens is 1. The van der Waals surface area contributed by atoms with Gasteiger partial charge in [0.2, 0.25) is 11.1 Å². The SMILES string of the molecule is Nn1c(SCC(=O)N2CCN(c3cccc[nH+]3)CC2)nnc1-c1ccccc1F. The Balaban J connectivity index is 1.33. The van der Waals surface area contributed by atoms with Crippen molar-refractivity contribution in [1.29, 1.82) is 0 Å². The molecule has 1 fully saturated rings. The maximum Gasteiger partial charge on any atom is 0.274 e. The normalized spacial score (nSPS) is 14.2. The minimum absolute atomic E-state index is 0.0159. The van der Waals surface area contributed by atoms with Crippen molar-refractivity contribution in [3.8, 4) is 11.4 Å². The van der Waals surface area contributed by atoms with Gasteiger partial charge in [0.15, 0.2) is 5.82 Å². The Morgan fingerprint density at radius 1 is 1.10 bits per heavy atom. The van der Waals surface area contributed by atoms with Gasteiger partial charge < -0.3 is 10.7 Å². The highest BCUT2D eigenvalue weighted by Gasteiger charge is 2.26. The fourth-order valence-corrected chi connectivity index (χ4v) is 3.96. The van der Waals surface area contributed by atoms with Gasteiger partial charge in [0, 0.05) is 6.07 Å². The molecule has 8 nitrogen and oxygen atoms in total. The number of hydrogen-bond donors (Lipinski definition) is 1. The molecule has 1 amide bonds. The van der Waals surface area contributed by atoms with Gasteiger partial charge in [-0.25, -0.2) is 14.1 Å². The number of piperazine rings is 1. The van der Waals surface area contributed by atoms with Crippen LogP contribution in [0.2, 0.25) is 0 Å². The summed E-state index contributed by atoms with van der Waals surface area (Å²) in [6.45, 7) is 2.83. The first-order valence-corrected chi connectivity index (χ1v) is 10.2. The molecule has 1 saturated heterocycles. The molecule has 10 heteroatoms. The Hall–Kier alpha value is -3.14. The van der Waals surface area contributed by atoms with Crippen LogP contribution in [0.4, 0.5) is 10.2 Å². The van der Waals surface area contributed by atoms with E-state index in [0.717, 1.165) is 18.9 Å². The van der Waals surface area contributed by atoms with Gasteiger partial charge >= 0.3 is 0 Å². The topological polar surface area (TPSA) is 94.4 Å². The van der Waals surface area contributed by atoms with Crippen molar-refractivity contribution in [1.82, 2.24) is 19.8 Å². The van der Waals surface area contributed by atoms with Gasteiger partial charge in [0.1, 0.15) is 18.9 Å². The van der Waals surface area contributed by atoms with Gasteiger partial charge in [-0.15, -0.1) is 10.2 Å². The molecular weight excluding hydrogens is 393 g/mol. The lowest BCUT2D eigenvalue weighted by Crippen LogP contribution is -2.50. The molecule has 1 aliphatic rings. The fraction of sp³-hybridized carbons (Fsp3) is 0.263. The molecule has 29 heavy (non-hydrogen) atoms. The van der Waals surface area contributed by atoms with E-state index in [2.05, 4.69) is 20.1 Å². The third-order valence-electron chi connectivity index (χ3n) is 4.77. The van der Waals surface area contributed by atoms with Crippen molar-refractivity contribution in [2.45, 2.75) is 5.16 Å². The van der Waals surface area contributed by atoms with E-state index in [4.69, 9.17) is 5.84 Å². The van der Waals surface area contributed by atoms with Crippen molar-refractivity contribution in [2.75, 3.05) is 42.7 Å². The summed E-state index contributed by atoms with van der Waals surface area (Å²) in [5, 5.41) is 8.35. The molecule has 2 aromatic heterocycles. The van der Waals surface area contributed by atoms with E-state index in [9.17, 15) is 9.18 Å². The first-order valence-electron chi connectivity index (χ1n) is 9.21. The Morgan fingerprint density at radius 2 is 1.86 bits per heavy atom. The monoisotopic (exact) mass is 414 g/mol. The van der Waals surface area contributed by atoms with E-state index < -0.39 is 5.82 Å². The number of nitrogens with one attached hydrogen (secondary N) is 1. The zero-order valence-electron chi connectivity index (χ0n) is 15.7. The number of aromatic nitrogens is 4. The molecule has 0 bridgehead atoms. The van der Waals surface area contributed by atoms with Crippen LogP contribution in [0.15, 0.2) is 53.8 Å². The third kappa shape index (κ3) is 4.16. The van der Waals surface area contributed by atoms with Crippen molar-refractivity contribution in [3.05, 3.63) is 54.5 Å². The largest absolute Gasteiger partial charge is 0.335 e. The number of amides is 1. The van der Waals surface area contributed by atoms with Crippen LogP contribution in [0.1, 0.15) is 0 Å². The van der Waals surface area contributed by atoms with E-state index in [-0.39, 0.29) is 23.0 Å². The quantitative estimate of drug-likeness (QED) is 0.496. The van der Waals surface area contributed by atoms with Gasteiger partial charge in [-0.05, 0) is 18.2 Å². The standard InChI is InChI=1S/C19H20FN7OS/c20-15-6-2-1-5-14(15)18-23-24-19(27(18)21)29-13-17(28)26-11-9-25(10-12-26)16-7-3-4-8-22-16/h1-8H,9-13,21H2/p+1. The van der Waals surface area contributed by atoms with Crippen molar-refractivity contribution < 1.29 is 14.2 Å². The maximum absolute atomic E-state index is 14.0. The van der Waals surface area contributed by atoms with Crippen LogP contribution in [0.5, 0.6) is 0 Å². The lowest BCUT2D eigenvalue weighted by Gasteiger charge is -2.30. The average molecular weight is 414 g/mol. The molecule has 3 heterocycles. The first-order chi connectivity index (χ1) is 14.1. The second kappa shape index (κ2) is 8.48. The van der Waals surface area contributed by atoms with Crippen molar-refractivity contribution >= 4 is 23.5 Å². The van der Waals surface area contributed by atoms with E-state index >= 15 is 0 Å². The van der Waals surface area contributed by atoms with Gasteiger partial charge in [0.25, 0.3) is 5.82 Å². The molecule has 0 atom stereocenters. The Labute approximate surface area is 171 Å². The molecule has 0 spiro atoms. The predicted molar refractivity (Wildman–Crippen MR) is 108 cm³/mol.